The van der Waals surface area contributed by atoms with Crippen molar-refractivity contribution in [2.24, 2.45) is 0 Å². The molecule has 0 saturated carbocycles. The number of hydrogen-bond acceptors (Lipinski definition) is 4. The zero-order valence-electron chi connectivity index (χ0n) is 9.62. The van der Waals surface area contributed by atoms with E-state index in [1.165, 1.54) is 19.4 Å². The molecule has 1 atom stereocenters. The van der Waals surface area contributed by atoms with Gasteiger partial charge in [0.2, 0.25) is 0 Å². The Hall–Kier alpha value is -1.16. The van der Waals surface area contributed by atoms with Crippen LogP contribution >= 0.6 is 0 Å². The van der Waals surface area contributed by atoms with Gasteiger partial charge in [0.1, 0.15) is 11.6 Å². The average Bonchev–Trinajstić information content (AvgIpc) is 2.63. The molecular weight excluding hydrogens is 188 g/mol. The molecule has 0 aromatic carbocycles. The molecule has 1 aromatic rings. The van der Waals surface area contributed by atoms with E-state index >= 15 is 0 Å². The molecule has 1 aliphatic rings. The van der Waals surface area contributed by atoms with Gasteiger partial charge in [-0.3, -0.25) is 4.90 Å². The molecule has 1 fully saturated rings. The molecule has 1 aromatic heterocycles. The molecule has 4 nitrogen and oxygen atoms in total. The molecular formula is C11H18N4. The fourth-order valence-corrected chi connectivity index (χ4v) is 2.17. The Balaban J connectivity index is 2.30. The van der Waals surface area contributed by atoms with Crippen molar-refractivity contribution in [3.8, 4) is 0 Å². The van der Waals surface area contributed by atoms with Gasteiger partial charge >= 0.3 is 0 Å². The highest BCUT2D eigenvalue weighted by molar-refractivity contribution is 5.36. The molecule has 15 heavy (non-hydrogen) atoms. The second-order valence-electron chi connectivity index (χ2n) is 4.11. The van der Waals surface area contributed by atoms with Gasteiger partial charge in [0.25, 0.3) is 0 Å². The number of hydrogen-bond donors (Lipinski definition) is 1. The van der Waals surface area contributed by atoms with Crippen LogP contribution in [0.4, 0.5) is 5.82 Å². The molecule has 1 aliphatic heterocycles. The molecule has 0 aliphatic carbocycles. The second-order valence-corrected chi connectivity index (χ2v) is 4.11. The van der Waals surface area contributed by atoms with Crippen molar-refractivity contribution < 1.29 is 0 Å². The van der Waals surface area contributed by atoms with E-state index in [2.05, 4.69) is 33.3 Å². The van der Waals surface area contributed by atoms with Crippen LogP contribution in [0.25, 0.3) is 0 Å². The third-order valence-electron chi connectivity index (χ3n) is 2.98. The summed E-state index contributed by atoms with van der Waals surface area (Å²) in [5.41, 5.74) is 1.15. The molecule has 0 spiro atoms. The maximum absolute atomic E-state index is 4.52. The van der Waals surface area contributed by atoms with Crippen molar-refractivity contribution in [1.82, 2.24) is 14.9 Å². The summed E-state index contributed by atoms with van der Waals surface area (Å²) in [6, 6.07) is 2.53. The lowest BCUT2D eigenvalue weighted by Gasteiger charge is -2.19. The Morgan fingerprint density at radius 3 is 2.87 bits per heavy atom. The summed E-state index contributed by atoms with van der Waals surface area (Å²) < 4.78 is 0. The maximum atomic E-state index is 4.52. The van der Waals surface area contributed by atoms with Crippen LogP contribution in [0.2, 0.25) is 0 Å². The predicted molar refractivity (Wildman–Crippen MR) is 60.9 cm³/mol. The normalized spacial score (nSPS) is 21.9. The summed E-state index contributed by atoms with van der Waals surface area (Å²) in [6.07, 6.45) is 2.47. The van der Waals surface area contributed by atoms with Gasteiger partial charge in [-0.05, 0) is 33.4 Å². The number of nitrogens with one attached hydrogen (secondary N) is 1. The quantitative estimate of drug-likeness (QED) is 0.798. The van der Waals surface area contributed by atoms with Gasteiger partial charge in [-0.15, -0.1) is 0 Å². The summed E-state index contributed by atoms with van der Waals surface area (Å²) in [5, 5.41) is 3.08. The van der Waals surface area contributed by atoms with Gasteiger partial charge < -0.3 is 5.32 Å². The number of likely N-dealkylation sites (tertiary alicyclic amines) is 1. The standard InChI is InChI=1S/C11H18N4/c1-8-13-9(7-11(12-2)14-8)10-5-4-6-15(10)3/h7,10H,4-6H2,1-3H3,(H,12,13,14)/t10-/m1/s1. The van der Waals surface area contributed by atoms with E-state index in [0.29, 0.717) is 6.04 Å². The van der Waals surface area contributed by atoms with E-state index < -0.39 is 0 Å². The third-order valence-corrected chi connectivity index (χ3v) is 2.98. The van der Waals surface area contributed by atoms with Crippen LogP contribution in [0.5, 0.6) is 0 Å². The van der Waals surface area contributed by atoms with Crippen molar-refractivity contribution in [1.29, 1.82) is 0 Å². The van der Waals surface area contributed by atoms with Crippen LogP contribution in [0.15, 0.2) is 6.07 Å². The van der Waals surface area contributed by atoms with Crippen LogP contribution in [-0.2, 0) is 0 Å². The number of nitrogens with zero attached hydrogens (tertiary/aromatic N) is 3. The van der Waals surface area contributed by atoms with Crippen LogP contribution in [0, 0.1) is 6.92 Å². The van der Waals surface area contributed by atoms with Gasteiger partial charge in [0, 0.05) is 13.1 Å². The van der Waals surface area contributed by atoms with E-state index in [0.717, 1.165) is 17.3 Å². The highest BCUT2D eigenvalue weighted by Crippen LogP contribution is 2.29. The molecule has 1 saturated heterocycles. The first kappa shape index (κ1) is 10.4. The highest BCUT2D eigenvalue weighted by atomic mass is 15.2. The first-order chi connectivity index (χ1) is 7.20. The summed E-state index contributed by atoms with van der Waals surface area (Å²) in [4.78, 5) is 11.2. The molecule has 4 heteroatoms. The zero-order valence-corrected chi connectivity index (χ0v) is 9.62. The molecule has 2 heterocycles. The van der Waals surface area contributed by atoms with Crippen LogP contribution < -0.4 is 5.32 Å². The van der Waals surface area contributed by atoms with Crippen molar-refractivity contribution in [3.63, 3.8) is 0 Å². The first-order valence-electron chi connectivity index (χ1n) is 5.44. The highest BCUT2D eigenvalue weighted by Gasteiger charge is 2.24. The summed E-state index contributed by atoms with van der Waals surface area (Å²) in [5.74, 6) is 1.76. The summed E-state index contributed by atoms with van der Waals surface area (Å²) in [7, 11) is 4.05. The molecule has 0 unspecified atom stereocenters. The van der Waals surface area contributed by atoms with Crippen molar-refractivity contribution in [2.75, 3.05) is 26.0 Å². The van der Waals surface area contributed by atoms with E-state index in [-0.39, 0.29) is 0 Å². The van der Waals surface area contributed by atoms with Gasteiger partial charge in [0.15, 0.2) is 0 Å². The number of aryl methyl sites for hydroxylation is 1. The van der Waals surface area contributed by atoms with E-state index in [1.54, 1.807) is 0 Å². The lowest BCUT2D eigenvalue weighted by Crippen LogP contribution is -2.19. The minimum atomic E-state index is 0.471. The first-order valence-corrected chi connectivity index (χ1v) is 5.44. The summed E-state index contributed by atoms with van der Waals surface area (Å²) >= 11 is 0. The third kappa shape index (κ3) is 2.09. The fraction of sp³-hybridized carbons (Fsp3) is 0.636. The molecule has 2 rings (SSSR count). The van der Waals surface area contributed by atoms with Gasteiger partial charge in [0.05, 0.1) is 11.7 Å². The minimum Gasteiger partial charge on any atom is -0.373 e. The molecule has 0 radical (unpaired) electrons. The summed E-state index contributed by atoms with van der Waals surface area (Å²) in [6.45, 7) is 3.11. The molecule has 0 bridgehead atoms. The number of anilines is 1. The minimum absolute atomic E-state index is 0.471. The Bertz CT molecular complexity index is 350. The van der Waals surface area contributed by atoms with E-state index in [9.17, 15) is 0 Å². The fourth-order valence-electron chi connectivity index (χ4n) is 2.17. The Morgan fingerprint density at radius 2 is 2.27 bits per heavy atom. The van der Waals surface area contributed by atoms with Crippen LogP contribution in [0.3, 0.4) is 0 Å². The van der Waals surface area contributed by atoms with Crippen LogP contribution in [-0.4, -0.2) is 35.5 Å². The SMILES string of the molecule is CNc1cc([C@H]2CCCN2C)nc(C)n1. The van der Waals surface area contributed by atoms with Gasteiger partial charge in [-0.25, -0.2) is 9.97 Å². The monoisotopic (exact) mass is 206 g/mol. The molecule has 82 valence electrons. The smallest absolute Gasteiger partial charge is 0.129 e. The Labute approximate surface area is 90.7 Å². The second kappa shape index (κ2) is 4.14. The molecule has 1 N–H and O–H groups in total. The Morgan fingerprint density at radius 1 is 1.47 bits per heavy atom. The maximum Gasteiger partial charge on any atom is 0.129 e. The lowest BCUT2D eigenvalue weighted by atomic mass is 10.1. The van der Waals surface area contributed by atoms with Crippen LogP contribution in [0.1, 0.15) is 30.4 Å². The van der Waals surface area contributed by atoms with Crippen molar-refractivity contribution in [2.45, 2.75) is 25.8 Å². The molecule has 0 amide bonds. The average molecular weight is 206 g/mol. The topological polar surface area (TPSA) is 41.0 Å². The number of rotatable bonds is 2. The van der Waals surface area contributed by atoms with Gasteiger partial charge in [-0.2, -0.15) is 0 Å². The van der Waals surface area contributed by atoms with Crippen molar-refractivity contribution in [3.05, 3.63) is 17.6 Å². The lowest BCUT2D eigenvalue weighted by molar-refractivity contribution is 0.311. The van der Waals surface area contributed by atoms with E-state index in [4.69, 9.17) is 0 Å². The zero-order chi connectivity index (χ0) is 10.8. The van der Waals surface area contributed by atoms with Gasteiger partial charge in [-0.1, -0.05) is 0 Å². The number of aromatic nitrogens is 2. The van der Waals surface area contributed by atoms with Crippen molar-refractivity contribution >= 4 is 5.82 Å². The largest absolute Gasteiger partial charge is 0.373 e. The Kier molecular flexibility index (Phi) is 2.86. The predicted octanol–water partition coefficient (Wildman–Crippen LogP) is 1.59. The van der Waals surface area contributed by atoms with E-state index in [1.807, 2.05) is 14.0 Å².